The van der Waals surface area contributed by atoms with E-state index in [2.05, 4.69) is 19.2 Å². The SMILES string of the molecule is CC(C)C1CNCC(CN)C1. The van der Waals surface area contributed by atoms with Gasteiger partial charge in [-0.3, -0.25) is 0 Å². The van der Waals surface area contributed by atoms with Gasteiger partial charge in [0.05, 0.1) is 0 Å². The lowest BCUT2D eigenvalue weighted by Crippen LogP contribution is -2.41. The van der Waals surface area contributed by atoms with Crippen molar-refractivity contribution in [1.29, 1.82) is 0 Å². The van der Waals surface area contributed by atoms with E-state index in [9.17, 15) is 0 Å². The molecule has 1 aliphatic heterocycles. The number of rotatable bonds is 2. The molecule has 1 saturated heterocycles. The molecule has 1 rings (SSSR count). The van der Waals surface area contributed by atoms with Gasteiger partial charge in [0.15, 0.2) is 0 Å². The van der Waals surface area contributed by atoms with E-state index in [1.54, 1.807) is 0 Å². The number of hydrogen-bond acceptors (Lipinski definition) is 2. The van der Waals surface area contributed by atoms with Gasteiger partial charge in [-0.15, -0.1) is 0 Å². The Morgan fingerprint density at radius 2 is 2.18 bits per heavy atom. The first kappa shape index (κ1) is 9.01. The Balaban J connectivity index is 2.33. The lowest BCUT2D eigenvalue weighted by Gasteiger charge is -2.31. The van der Waals surface area contributed by atoms with Gasteiger partial charge < -0.3 is 11.1 Å². The van der Waals surface area contributed by atoms with E-state index >= 15 is 0 Å². The van der Waals surface area contributed by atoms with Crippen molar-refractivity contribution in [2.24, 2.45) is 23.5 Å². The molecule has 0 bridgehead atoms. The molecule has 11 heavy (non-hydrogen) atoms. The van der Waals surface area contributed by atoms with E-state index in [1.807, 2.05) is 0 Å². The fraction of sp³-hybridized carbons (Fsp3) is 1.00. The Morgan fingerprint density at radius 1 is 1.45 bits per heavy atom. The summed E-state index contributed by atoms with van der Waals surface area (Å²) in [6, 6.07) is 0. The summed E-state index contributed by atoms with van der Waals surface area (Å²) in [6.45, 7) is 7.75. The standard InChI is InChI=1S/C9H20N2/c1-7(2)9-3-8(4-10)5-11-6-9/h7-9,11H,3-6,10H2,1-2H3. The first-order valence-corrected chi connectivity index (χ1v) is 4.64. The smallest absolute Gasteiger partial charge is 0.000823 e. The van der Waals surface area contributed by atoms with Crippen LogP contribution in [0, 0.1) is 17.8 Å². The summed E-state index contributed by atoms with van der Waals surface area (Å²) >= 11 is 0. The highest BCUT2D eigenvalue weighted by molar-refractivity contribution is 4.78. The Bertz CT molecular complexity index is 112. The molecule has 0 saturated carbocycles. The van der Waals surface area contributed by atoms with Crippen LogP contribution in [-0.4, -0.2) is 19.6 Å². The third-order valence-corrected chi connectivity index (χ3v) is 2.75. The van der Waals surface area contributed by atoms with Gasteiger partial charge in [-0.05, 0) is 43.8 Å². The van der Waals surface area contributed by atoms with Gasteiger partial charge in [0.25, 0.3) is 0 Å². The predicted octanol–water partition coefficient (Wildman–Crippen LogP) is 0.827. The third-order valence-electron chi connectivity index (χ3n) is 2.75. The van der Waals surface area contributed by atoms with Crippen molar-refractivity contribution in [1.82, 2.24) is 5.32 Å². The van der Waals surface area contributed by atoms with Gasteiger partial charge in [-0.1, -0.05) is 13.8 Å². The van der Waals surface area contributed by atoms with E-state index in [-0.39, 0.29) is 0 Å². The first-order chi connectivity index (χ1) is 5.24. The van der Waals surface area contributed by atoms with Crippen LogP contribution in [0.1, 0.15) is 20.3 Å². The molecule has 3 N–H and O–H groups in total. The number of piperidine rings is 1. The number of hydrogen-bond donors (Lipinski definition) is 2. The molecule has 66 valence electrons. The van der Waals surface area contributed by atoms with Crippen LogP contribution in [-0.2, 0) is 0 Å². The highest BCUT2D eigenvalue weighted by Crippen LogP contribution is 2.22. The summed E-state index contributed by atoms with van der Waals surface area (Å²) in [5.41, 5.74) is 5.63. The van der Waals surface area contributed by atoms with E-state index in [1.165, 1.54) is 13.0 Å². The third kappa shape index (κ3) is 2.46. The van der Waals surface area contributed by atoms with Crippen molar-refractivity contribution in [3.05, 3.63) is 0 Å². The maximum Gasteiger partial charge on any atom is -0.000823 e. The monoisotopic (exact) mass is 156 g/mol. The topological polar surface area (TPSA) is 38.0 Å². The summed E-state index contributed by atoms with van der Waals surface area (Å²) in [5, 5.41) is 3.44. The largest absolute Gasteiger partial charge is 0.330 e. The zero-order valence-corrected chi connectivity index (χ0v) is 7.64. The molecule has 0 aromatic rings. The van der Waals surface area contributed by atoms with E-state index < -0.39 is 0 Å². The maximum atomic E-state index is 5.63. The van der Waals surface area contributed by atoms with Crippen molar-refractivity contribution in [3.8, 4) is 0 Å². The zero-order valence-electron chi connectivity index (χ0n) is 7.64. The van der Waals surface area contributed by atoms with Crippen molar-refractivity contribution in [2.45, 2.75) is 20.3 Å². The molecule has 2 heteroatoms. The van der Waals surface area contributed by atoms with Crippen molar-refractivity contribution in [3.63, 3.8) is 0 Å². The molecule has 0 aromatic heterocycles. The van der Waals surface area contributed by atoms with Crippen molar-refractivity contribution < 1.29 is 0 Å². The Kier molecular flexibility index (Phi) is 3.34. The second-order valence-corrected chi connectivity index (χ2v) is 4.00. The number of nitrogens with one attached hydrogen (secondary N) is 1. The van der Waals surface area contributed by atoms with Crippen molar-refractivity contribution >= 4 is 0 Å². The van der Waals surface area contributed by atoms with Crippen LogP contribution in [0.15, 0.2) is 0 Å². The molecule has 0 aromatic carbocycles. The van der Waals surface area contributed by atoms with Crippen LogP contribution >= 0.6 is 0 Å². The minimum absolute atomic E-state index is 0.719. The zero-order chi connectivity index (χ0) is 8.27. The van der Waals surface area contributed by atoms with Gasteiger partial charge in [0.2, 0.25) is 0 Å². The van der Waals surface area contributed by atoms with Crippen LogP contribution in [0.2, 0.25) is 0 Å². The fourth-order valence-corrected chi connectivity index (χ4v) is 1.76. The van der Waals surface area contributed by atoms with Gasteiger partial charge in [0, 0.05) is 0 Å². The Morgan fingerprint density at radius 3 is 2.73 bits per heavy atom. The quantitative estimate of drug-likeness (QED) is 0.621. The average Bonchev–Trinajstić information content (AvgIpc) is 2.05. The van der Waals surface area contributed by atoms with E-state index in [0.29, 0.717) is 0 Å². The highest BCUT2D eigenvalue weighted by Gasteiger charge is 2.22. The molecule has 1 heterocycles. The van der Waals surface area contributed by atoms with Crippen molar-refractivity contribution in [2.75, 3.05) is 19.6 Å². The molecule has 2 nitrogen and oxygen atoms in total. The number of nitrogens with two attached hydrogens (primary N) is 1. The van der Waals surface area contributed by atoms with Gasteiger partial charge in [-0.25, -0.2) is 0 Å². The lowest BCUT2D eigenvalue weighted by atomic mass is 9.83. The molecule has 2 unspecified atom stereocenters. The summed E-state index contributed by atoms with van der Waals surface area (Å²) in [5.74, 6) is 2.37. The Labute approximate surface area is 69.5 Å². The maximum absolute atomic E-state index is 5.63. The van der Waals surface area contributed by atoms with E-state index in [4.69, 9.17) is 5.73 Å². The second kappa shape index (κ2) is 4.07. The van der Waals surface area contributed by atoms with Crippen LogP contribution in [0.25, 0.3) is 0 Å². The summed E-state index contributed by atoms with van der Waals surface area (Å²) in [4.78, 5) is 0. The minimum Gasteiger partial charge on any atom is -0.330 e. The molecule has 0 aliphatic carbocycles. The van der Waals surface area contributed by atoms with Crippen LogP contribution in [0.4, 0.5) is 0 Å². The molecular formula is C9H20N2. The van der Waals surface area contributed by atoms with Gasteiger partial charge >= 0.3 is 0 Å². The highest BCUT2D eigenvalue weighted by atomic mass is 14.9. The van der Waals surface area contributed by atoms with Gasteiger partial charge in [0.1, 0.15) is 0 Å². The molecule has 0 radical (unpaired) electrons. The van der Waals surface area contributed by atoms with Crippen LogP contribution in [0.3, 0.4) is 0 Å². The van der Waals surface area contributed by atoms with E-state index in [0.717, 1.165) is 30.8 Å². The molecule has 1 fully saturated rings. The summed E-state index contributed by atoms with van der Waals surface area (Å²) < 4.78 is 0. The molecular weight excluding hydrogens is 136 g/mol. The Hall–Kier alpha value is -0.0800. The van der Waals surface area contributed by atoms with Gasteiger partial charge in [-0.2, -0.15) is 0 Å². The molecule has 2 atom stereocenters. The average molecular weight is 156 g/mol. The van der Waals surface area contributed by atoms with Crippen LogP contribution < -0.4 is 11.1 Å². The summed E-state index contributed by atoms with van der Waals surface area (Å²) in [6.07, 6.45) is 1.32. The van der Waals surface area contributed by atoms with Crippen LogP contribution in [0.5, 0.6) is 0 Å². The molecule has 0 amide bonds. The fourth-order valence-electron chi connectivity index (χ4n) is 1.76. The first-order valence-electron chi connectivity index (χ1n) is 4.64. The molecule has 1 aliphatic rings. The lowest BCUT2D eigenvalue weighted by molar-refractivity contribution is 0.237. The summed E-state index contributed by atoms with van der Waals surface area (Å²) in [7, 11) is 0. The second-order valence-electron chi connectivity index (χ2n) is 4.00. The predicted molar refractivity (Wildman–Crippen MR) is 48.4 cm³/mol. The molecule has 0 spiro atoms. The normalized spacial score (nSPS) is 32.7. The minimum atomic E-state index is 0.719.